The normalized spacial score (nSPS) is 15.4. The van der Waals surface area contributed by atoms with Gasteiger partial charge < -0.3 is 10.2 Å². The van der Waals surface area contributed by atoms with Crippen LogP contribution in [0.15, 0.2) is 90.1 Å². The third-order valence-corrected chi connectivity index (χ3v) is 7.36. The minimum atomic E-state index is 0.504. The van der Waals surface area contributed by atoms with Crippen molar-refractivity contribution in [3.05, 3.63) is 96.2 Å². The van der Waals surface area contributed by atoms with Crippen LogP contribution in [0.5, 0.6) is 0 Å². The van der Waals surface area contributed by atoms with Crippen LogP contribution in [-0.4, -0.2) is 35.6 Å². The number of anilines is 4. The lowest BCUT2D eigenvalue weighted by Crippen LogP contribution is -2.34. The zero-order valence-corrected chi connectivity index (χ0v) is 21.9. The predicted molar refractivity (Wildman–Crippen MR) is 156 cm³/mol. The highest BCUT2D eigenvalue weighted by atomic mass is 15.6. The molecule has 2 N–H and O–H groups in total. The lowest BCUT2D eigenvalue weighted by atomic mass is 9.89. The highest BCUT2D eigenvalue weighted by Crippen LogP contribution is 2.33. The summed E-state index contributed by atoms with van der Waals surface area (Å²) < 4.78 is 0. The number of hydrogen-bond acceptors (Lipinski definition) is 8. The van der Waals surface area contributed by atoms with E-state index in [0.717, 1.165) is 60.1 Å². The quantitative estimate of drug-likeness (QED) is 0.334. The van der Waals surface area contributed by atoms with Gasteiger partial charge in [-0.2, -0.15) is 5.26 Å². The number of nitrogens with one attached hydrogen (secondary N) is 2. The van der Waals surface area contributed by atoms with Gasteiger partial charge in [-0.25, -0.2) is 15.0 Å². The summed E-state index contributed by atoms with van der Waals surface area (Å²) in [5.74, 6) is 1.98. The van der Waals surface area contributed by atoms with Crippen LogP contribution in [0.4, 0.5) is 23.0 Å². The Morgan fingerprint density at radius 3 is 2.49 bits per heavy atom. The van der Waals surface area contributed by atoms with E-state index < -0.39 is 0 Å². The molecule has 2 aliphatic heterocycles. The first-order valence-corrected chi connectivity index (χ1v) is 13.3. The fourth-order valence-corrected chi connectivity index (χ4v) is 5.26. The molecule has 3 heterocycles. The van der Waals surface area contributed by atoms with Crippen LogP contribution in [0, 0.1) is 11.3 Å². The van der Waals surface area contributed by atoms with Gasteiger partial charge in [-0.1, -0.05) is 36.4 Å². The highest BCUT2D eigenvalue weighted by molar-refractivity contribution is 5.83. The lowest BCUT2D eigenvalue weighted by Gasteiger charge is -2.34. The number of amidine groups is 1. The van der Waals surface area contributed by atoms with Gasteiger partial charge in [0, 0.05) is 30.5 Å². The van der Waals surface area contributed by atoms with Crippen LogP contribution in [0.2, 0.25) is 0 Å². The summed E-state index contributed by atoms with van der Waals surface area (Å²) in [6, 6.07) is 29.1. The minimum absolute atomic E-state index is 0.504. The van der Waals surface area contributed by atoms with E-state index in [-0.39, 0.29) is 0 Å². The van der Waals surface area contributed by atoms with E-state index in [2.05, 4.69) is 68.1 Å². The molecule has 0 atom stereocenters. The molecule has 3 aromatic carbocycles. The van der Waals surface area contributed by atoms with Gasteiger partial charge in [-0.05, 0) is 73.7 Å². The second kappa shape index (κ2) is 10.8. The van der Waals surface area contributed by atoms with Gasteiger partial charge in [0.05, 0.1) is 22.6 Å². The molecule has 39 heavy (non-hydrogen) atoms. The Bertz CT molecular complexity index is 1520. The number of piperidine rings is 1. The Morgan fingerprint density at radius 2 is 1.77 bits per heavy atom. The molecule has 1 fully saturated rings. The second-order valence-electron chi connectivity index (χ2n) is 9.88. The number of benzene rings is 3. The molecule has 8 heteroatoms. The Kier molecular flexibility index (Phi) is 6.79. The maximum absolute atomic E-state index is 9.98. The number of rotatable bonds is 6. The number of nitriles is 1. The van der Waals surface area contributed by atoms with Crippen molar-refractivity contribution < 1.29 is 0 Å². The molecule has 4 aromatic rings. The molecule has 0 saturated carbocycles. The molecular formula is C31H30N8. The van der Waals surface area contributed by atoms with Crippen molar-refractivity contribution in [2.24, 2.45) is 4.99 Å². The van der Waals surface area contributed by atoms with Crippen LogP contribution >= 0.6 is 0 Å². The van der Waals surface area contributed by atoms with E-state index in [1.165, 1.54) is 5.56 Å². The van der Waals surface area contributed by atoms with E-state index in [1.54, 1.807) is 6.20 Å². The van der Waals surface area contributed by atoms with Gasteiger partial charge in [0.2, 0.25) is 5.95 Å². The van der Waals surface area contributed by atoms with Crippen molar-refractivity contribution in [1.82, 2.24) is 15.4 Å². The molecule has 0 unspecified atom stereocenters. The summed E-state index contributed by atoms with van der Waals surface area (Å²) in [7, 11) is 0. The number of aliphatic imine (C=N–C) groups is 1. The maximum Gasteiger partial charge on any atom is 0.227 e. The first-order valence-electron chi connectivity index (χ1n) is 13.3. The number of hydrogen-bond donors (Lipinski definition) is 2. The van der Waals surface area contributed by atoms with Crippen LogP contribution in [-0.2, 0) is 0 Å². The molecule has 1 saturated heterocycles. The average Bonchev–Trinajstić information content (AvgIpc) is 3.44. The third-order valence-electron chi connectivity index (χ3n) is 7.36. The lowest BCUT2D eigenvalue weighted by molar-refractivity contribution is 0.505. The monoisotopic (exact) mass is 514 g/mol. The first kappa shape index (κ1) is 24.4. The minimum Gasteiger partial charge on any atom is -0.370 e. The Hall–Kier alpha value is -4.90. The molecule has 0 bridgehead atoms. The molecule has 194 valence electrons. The van der Waals surface area contributed by atoms with Gasteiger partial charge in [0.25, 0.3) is 0 Å². The number of nitrogens with zero attached hydrogens (tertiary/aromatic N) is 6. The average molecular weight is 515 g/mol. The molecule has 0 amide bonds. The molecular weight excluding hydrogens is 484 g/mol. The van der Waals surface area contributed by atoms with E-state index in [1.807, 2.05) is 54.4 Å². The largest absolute Gasteiger partial charge is 0.370 e. The summed E-state index contributed by atoms with van der Waals surface area (Å²) in [6.07, 6.45) is 3.91. The SMILES string of the molecule is CC1=NCN(c2ccc(Nc3nccc(-c4ccc(N5CCC(c6ccccc6)CC5)c(C#N)c4)n3)cc2)N1. The Morgan fingerprint density at radius 1 is 0.974 bits per heavy atom. The molecule has 0 radical (unpaired) electrons. The molecule has 0 spiro atoms. The van der Waals surface area contributed by atoms with Gasteiger partial charge in [0.15, 0.2) is 0 Å². The van der Waals surface area contributed by atoms with Crippen LogP contribution in [0.3, 0.4) is 0 Å². The summed E-state index contributed by atoms with van der Waals surface area (Å²) >= 11 is 0. The van der Waals surface area contributed by atoms with E-state index in [9.17, 15) is 5.26 Å². The molecule has 6 rings (SSSR count). The van der Waals surface area contributed by atoms with Crippen LogP contribution < -0.4 is 20.7 Å². The van der Waals surface area contributed by atoms with Crippen molar-refractivity contribution in [3.8, 4) is 17.3 Å². The van der Waals surface area contributed by atoms with Gasteiger partial charge in [0.1, 0.15) is 18.6 Å². The van der Waals surface area contributed by atoms with Crippen molar-refractivity contribution >= 4 is 28.8 Å². The van der Waals surface area contributed by atoms with Gasteiger partial charge in [-0.15, -0.1) is 0 Å². The molecule has 1 aromatic heterocycles. The fourth-order valence-electron chi connectivity index (χ4n) is 5.26. The van der Waals surface area contributed by atoms with E-state index >= 15 is 0 Å². The highest BCUT2D eigenvalue weighted by Gasteiger charge is 2.22. The number of aromatic nitrogens is 2. The Balaban J connectivity index is 1.14. The second-order valence-corrected chi connectivity index (χ2v) is 9.88. The van der Waals surface area contributed by atoms with Crippen molar-refractivity contribution in [1.29, 1.82) is 5.26 Å². The predicted octanol–water partition coefficient (Wildman–Crippen LogP) is 5.84. The van der Waals surface area contributed by atoms with Crippen molar-refractivity contribution in [3.63, 3.8) is 0 Å². The van der Waals surface area contributed by atoms with Gasteiger partial charge >= 0.3 is 0 Å². The van der Waals surface area contributed by atoms with Crippen molar-refractivity contribution in [2.75, 3.05) is 35.0 Å². The van der Waals surface area contributed by atoms with E-state index in [0.29, 0.717) is 24.1 Å². The first-order chi connectivity index (χ1) is 19.2. The standard InChI is InChI=1S/C31H30N8/c1-22-34-21-39(37-22)28-10-8-27(9-11-28)35-31-33-16-13-29(36-31)25-7-12-30(26(19-25)20-32)38-17-14-24(15-18-38)23-5-3-2-4-6-23/h2-13,16,19,24H,14-15,17-18,21H2,1H3,(H,34,37)(H,33,35,36). The number of hydrazine groups is 1. The summed E-state index contributed by atoms with van der Waals surface area (Å²) in [4.78, 5) is 15.8. The van der Waals surface area contributed by atoms with Crippen molar-refractivity contribution in [2.45, 2.75) is 25.7 Å². The smallest absolute Gasteiger partial charge is 0.227 e. The fraction of sp³-hybridized carbons (Fsp3) is 0.226. The summed E-state index contributed by atoms with van der Waals surface area (Å²) in [5.41, 5.74) is 9.87. The topological polar surface area (TPSA) is 92.5 Å². The molecule has 0 aliphatic carbocycles. The maximum atomic E-state index is 9.98. The summed E-state index contributed by atoms with van der Waals surface area (Å²) in [5, 5.41) is 15.2. The summed E-state index contributed by atoms with van der Waals surface area (Å²) in [6.45, 7) is 4.42. The molecule has 2 aliphatic rings. The Labute approximate surface area is 228 Å². The third kappa shape index (κ3) is 5.39. The van der Waals surface area contributed by atoms with Crippen LogP contribution in [0.25, 0.3) is 11.3 Å². The van der Waals surface area contributed by atoms with Crippen LogP contribution in [0.1, 0.15) is 36.8 Å². The van der Waals surface area contributed by atoms with Gasteiger partial charge in [-0.3, -0.25) is 10.4 Å². The zero-order chi connectivity index (χ0) is 26.6. The zero-order valence-electron chi connectivity index (χ0n) is 21.9. The molecule has 8 nitrogen and oxygen atoms in total. The van der Waals surface area contributed by atoms with E-state index in [4.69, 9.17) is 4.98 Å².